The Kier molecular flexibility index (Phi) is 3.03. The van der Waals surface area contributed by atoms with Gasteiger partial charge in [0.1, 0.15) is 5.78 Å². The summed E-state index contributed by atoms with van der Waals surface area (Å²) in [4.78, 5) is 12.0. The molecule has 4 aliphatic carbocycles. The molecule has 0 aliphatic heterocycles. The third kappa shape index (κ3) is 2.17. The number of hydrogen-bond donors (Lipinski definition) is 0. The Morgan fingerprint density at radius 2 is 1.71 bits per heavy atom. The van der Waals surface area contributed by atoms with Crippen LogP contribution >= 0.6 is 0 Å². The molecule has 1 nitrogen and oxygen atoms in total. The van der Waals surface area contributed by atoms with Crippen molar-refractivity contribution in [2.45, 2.75) is 58.3 Å². The van der Waals surface area contributed by atoms with Crippen LogP contribution in [0.15, 0.2) is 24.3 Å². The number of ketones is 1. The van der Waals surface area contributed by atoms with Gasteiger partial charge in [-0.2, -0.15) is 0 Å². The van der Waals surface area contributed by atoms with Crippen molar-refractivity contribution in [2.24, 2.45) is 23.2 Å². The van der Waals surface area contributed by atoms with E-state index in [4.69, 9.17) is 0 Å². The van der Waals surface area contributed by atoms with E-state index in [1.54, 1.807) is 6.92 Å². The second-order valence-electron chi connectivity index (χ2n) is 8.24. The number of rotatable bonds is 3. The summed E-state index contributed by atoms with van der Waals surface area (Å²) in [6.07, 6.45) is 7.69. The molecule has 0 aromatic heterocycles. The Balaban J connectivity index is 1.76. The van der Waals surface area contributed by atoms with Crippen LogP contribution in [0, 0.1) is 30.1 Å². The van der Waals surface area contributed by atoms with Crippen molar-refractivity contribution >= 4 is 5.78 Å². The largest absolute Gasteiger partial charge is 0.300 e. The molecule has 112 valence electrons. The lowest BCUT2D eigenvalue weighted by atomic mass is 9.43. The van der Waals surface area contributed by atoms with E-state index in [9.17, 15) is 4.79 Å². The van der Waals surface area contributed by atoms with E-state index in [0.29, 0.717) is 11.7 Å². The van der Waals surface area contributed by atoms with E-state index in [1.807, 2.05) is 0 Å². The molecule has 0 amide bonds. The Bertz CT molecular complexity index is 542. The number of Topliss-reactive ketones (excluding diaryl/α,β-unsaturated/α-hetero) is 1. The molecule has 21 heavy (non-hydrogen) atoms. The van der Waals surface area contributed by atoms with Gasteiger partial charge < -0.3 is 4.79 Å². The number of benzene rings is 1. The van der Waals surface area contributed by atoms with E-state index >= 15 is 0 Å². The first-order valence-corrected chi connectivity index (χ1v) is 8.62. The third-order valence-corrected chi connectivity index (χ3v) is 6.50. The van der Waals surface area contributed by atoms with E-state index in [2.05, 4.69) is 31.2 Å². The minimum absolute atomic E-state index is 0.288. The standard InChI is InChI=1S/C20H26O/c1-13-3-5-17(6-4-13)19-18-8-15-7-16(9-18)12-20(19,11-15)10-14(2)21/h3-6,15-16,18-19H,7-12H2,1-2H3. The maximum Gasteiger partial charge on any atom is 0.130 e. The van der Waals surface area contributed by atoms with Crippen LogP contribution in [0.4, 0.5) is 0 Å². The smallest absolute Gasteiger partial charge is 0.130 e. The molecule has 4 fully saturated rings. The van der Waals surface area contributed by atoms with Crippen LogP contribution < -0.4 is 0 Å². The molecule has 0 heterocycles. The van der Waals surface area contributed by atoms with Gasteiger partial charge in [0.15, 0.2) is 0 Å². The van der Waals surface area contributed by atoms with Crippen LogP contribution in [0.1, 0.15) is 62.5 Å². The zero-order chi connectivity index (χ0) is 14.6. The number of carbonyl (C=O) groups is 1. The molecule has 3 unspecified atom stereocenters. The van der Waals surface area contributed by atoms with Crippen molar-refractivity contribution < 1.29 is 4.79 Å². The van der Waals surface area contributed by atoms with Crippen molar-refractivity contribution in [3.05, 3.63) is 35.4 Å². The highest BCUT2D eigenvalue weighted by Crippen LogP contribution is 2.67. The van der Waals surface area contributed by atoms with Gasteiger partial charge in [-0.25, -0.2) is 0 Å². The fourth-order valence-corrected chi connectivity index (χ4v) is 6.36. The van der Waals surface area contributed by atoms with Gasteiger partial charge in [-0.05, 0) is 80.6 Å². The van der Waals surface area contributed by atoms with Crippen molar-refractivity contribution in [2.75, 3.05) is 0 Å². The highest BCUT2D eigenvalue weighted by Gasteiger charge is 2.57. The lowest BCUT2D eigenvalue weighted by Crippen LogP contribution is -2.52. The highest BCUT2D eigenvalue weighted by molar-refractivity contribution is 5.76. The molecule has 1 aromatic rings. The molecular weight excluding hydrogens is 256 g/mol. The second-order valence-corrected chi connectivity index (χ2v) is 8.24. The summed E-state index contributed by atoms with van der Waals surface area (Å²) in [5.41, 5.74) is 3.13. The molecule has 0 saturated heterocycles. The summed E-state index contributed by atoms with van der Waals surface area (Å²) in [6, 6.07) is 9.18. The molecule has 4 aliphatic rings. The summed E-state index contributed by atoms with van der Waals surface area (Å²) in [5, 5.41) is 0. The zero-order valence-corrected chi connectivity index (χ0v) is 13.3. The molecule has 0 radical (unpaired) electrons. The topological polar surface area (TPSA) is 17.1 Å². The first kappa shape index (κ1) is 13.5. The lowest BCUT2D eigenvalue weighted by molar-refractivity contribution is -0.128. The molecule has 0 spiro atoms. The van der Waals surface area contributed by atoms with Gasteiger partial charge in [0, 0.05) is 6.42 Å². The fourth-order valence-electron chi connectivity index (χ4n) is 6.36. The molecule has 3 atom stereocenters. The number of carbonyl (C=O) groups excluding carboxylic acids is 1. The number of aryl methyl sites for hydroxylation is 1. The minimum Gasteiger partial charge on any atom is -0.300 e. The molecular formula is C20H26O. The number of hydrogen-bond acceptors (Lipinski definition) is 1. The lowest BCUT2D eigenvalue weighted by Gasteiger charge is -2.61. The summed E-state index contributed by atoms with van der Waals surface area (Å²) in [5.74, 6) is 3.68. The summed E-state index contributed by atoms with van der Waals surface area (Å²) >= 11 is 0. The van der Waals surface area contributed by atoms with Crippen LogP contribution in [0.25, 0.3) is 0 Å². The van der Waals surface area contributed by atoms with Crippen LogP contribution in [0.2, 0.25) is 0 Å². The fraction of sp³-hybridized carbons (Fsp3) is 0.650. The van der Waals surface area contributed by atoms with Gasteiger partial charge in [-0.3, -0.25) is 0 Å². The van der Waals surface area contributed by atoms with Gasteiger partial charge in [-0.15, -0.1) is 0 Å². The Hall–Kier alpha value is -1.11. The SMILES string of the molecule is CC(=O)CC12CC3CC(CC(C3)C1c1ccc(C)cc1)C2. The zero-order valence-electron chi connectivity index (χ0n) is 13.3. The Morgan fingerprint density at radius 3 is 2.29 bits per heavy atom. The van der Waals surface area contributed by atoms with Gasteiger partial charge >= 0.3 is 0 Å². The average molecular weight is 282 g/mol. The average Bonchev–Trinajstić information content (AvgIpc) is 2.38. The Labute approximate surface area is 128 Å². The van der Waals surface area contributed by atoms with E-state index < -0.39 is 0 Å². The van der Waals surface area contributed by atoms with Gasteiger partial charge in [-0.1, -0.05) is 29.8 Å². The van der Waals surface area contributed by atoms with Crippen LogP contribution in [0.3, 0.4) is 0 Å². The molecule has 1 heteroatoms. The molecule has 4 bridgehead atoms. The van der Waals surface area contributed by atoms with Gasteiger partial charge in [0.2, 0.25) is 0 Å². The maximum atomic E-state index is 12.0. The van der Waals surface area contributed by atoms with Crippen LogP contribution in [0.5, 0.6) is 0 Å². The first-order valence-electron chi connectivity index (χ1n) is 8.62. The first-order chi connectivity index (χ1) is 10.1. The summed E-state index contributed by atoms with van der Waals surface area (Å²) in [6.45, 7) is 3.96. The predicted octanol–water partition coefficient (Wildman–Crippen LogP) is 4.88. The molecule has 4 saturated carbocycles. The molecule has 0 N–H and O–H groups in total. The van der Waals surface area contributed by atoms with Crippen molar-refractivity contribution in [1.29, 1.82) is 0 Å². The van der Waals surface area contributed by atoms with Crippen LogP contribution in [-0.4, -0.2) is 5.78 Å². The van der Waals surface area contributed by atoms with Gasteiger partial charge in [0.25, 0.3) is 0 Å². The third-order valence-electron chi connectivity index (χ3n) is 6.50. The second kappa shape index (κ2) is 4.69. The van der Waals surface area contributed by atoms with Gasteiger partial charge in [0.05, 0.1) is 0 Å². The summed E-state index contributed by atoms with van der Waals surface area (Å²) in [7, 11) is 0. The quantitative estimate of drug-likeness (QED) is 0.772. The molecule has 5 rings (SSSR count). The minimum atomic E-state index is 0.288. The van der Waals surface area contributed by atoms with E-state index in [0.717, 1.165) is 24.2 Å². The maximum absolute atomic E-state index is 12.0. The van der Waals surface area contributed by atoms with E-state index in [-0.39, 0.29) is 5.41 Å². The van der Waals surface area contributed by atoms with Crippen molar-refractivity contribution in [1.82, 2.24) is 0 Å². The predicted molar refractivity (Wildman–Crippen MR) is 85.2 cm³/mol. The highest BCUT2D eigenvalue weighted by atomic mass is 16.1. The van der Waals surface area contributed by atoms with Crippen LogP contribution in [-0.2, 0) is 4.79 Å². The van der Waals surface area contributed by atoms with Crippen molar-refractivity contribution in [3.8, 4) is 0 Å². The van der Waals surface area contributed by atoms with Crippen molar-refractivity contribution in [3.63, 3.8) is 0 Å². The normalized spacial score (nSPS) is 40.5. The summed E-state index contributed by atoms with van der Waals surface area (Å²) < 4.78 is 0. The van der Waals surface area contributed by atoms with E-state index in [1.165, 1.54) is 43.2 Å². The molecule has 1 aromatic carbocycles. The monoisotopic (exact) mass is 282 g/mol. The Morgan fingerprint density at radius 1 is 1.10 bits per heavy atom.